The molecule has 0 bridgehead atoms. The van der Waals surface area contributed by atoms with Crippen LogP contribution in [0.3, 0.4) is 0 Å². The van der Waals surface area contributed by atoms with Crippen molar-refractivity contribution in [1.29, 1.82) is 0 Å². The average molecular weight is 225 g/mol. The second-order valence-corrected chi connectivity index (χ2v) is 5.70. The van der Waals surface area contributed by atoms with E-state index in [2.05, 4.69) is 31.1 Å². The van der Waals surface area contributed by atoms with Crippen LogP contribution in [0.2, 0.25) is 0 Å². The number of aliphatic imine (C=N–C) groups is 1. The molecule has 0 radical (unpaired) electrons. The number of nitrogens with zero attached hydrogens (tertiary/aromatic N) is 1. The van der Waals surface area contributed by atoms with Crippen LogP contribution in [-0.4, -0.2) is 18.5 Å². The lowest BCUT2D eigenvalue weighted by molar-refractivity contribution is 0.363. The van der Waals surface area contributed by atoms with Crippen LogP contribution in [0.25, 0.3) is 0 Å². The zero-order valence-corrected chi connectivity index (χ0v) is 11.1. The van der Waals surface area contributed by atoms with E-state index in [1.807, 2.05) is 0 Å². The van der Waals surface area contributed by atoms with Crippen LogP contribution in [0.5, 0.6) is 0 Å². The van der Waals surface area contributed by atoms with Gasteiger partial charge >= 0.3 is 0 Å². The zero-order chi connectivity index (χ0) is 12.0. The molecule has 3 N–H and O–H groups in total. The van der Waals surface area contributed by atoms with Crippen molar-refractivity contribution in [3.05, 3.63) is 0 Å². The van der Waals surface area contributed by atoms with Gasteiger partial charge in [-0.25, -0.2) is 0 Å². The third-order valence-corrected chi connectivity index (χ3v) is 3.59. The van der Waals surface area contributed by atoms with Crippen LogP contribution in [0, 0.1) is 5.41 Å². The summed E-state index contributed by atoms with van der Waals surface area (Å²) < 4.78 is 0. The van der Waals surface area contributed by atoms with E-state index >= 15 is 0 Å². The first-order valence-corrected chi connectivity index (χ1v) is 6.60. The maximum Gasteiger partial charge on any atom is 0.188 e. The summed E-state index contributed by atoms with van der Waals surface area (Å²) in [5.41, 5.74) is 6.17. The number of nitrogens with two attached hydrogens (primary N) is 1. The summed E-state index contributed by atoms with van der Waals surface area (Å²) in [6, 6.07) is 0.558. The van der Waals surface area contributed by atoms with Gasteiger partial charge in [-0.15, -0.1) is 0 Å². The Bertz CT molecular complexity index is 227. The third-order valence-electron chi connectivity index (χ3n) is 3.59. The number of rotatable bonds is 4. The minimum Gasteiger partial charge on any atom is -0.370 e. The van der Waals surface area contributed by atoms with E-state index in [4.69, 9.17) is 5.73 Å². The summed E-state index contributed by atoms with van der Waals surface area (Å²) in [7, 11) is 0. The molecule has 1 saturated carbocycles. The van der Waals surface area contributed by atoms with Gasteiger partial charge in [-0.1, -0.05) is 40.0 Å². The Hall–Kier alpha value is -0.730. The standard InChI is InChI=1S/C13H27N3/c1-4-13(2,3)10-15-12(14)16-11-8-6-5-7-9-11/h11H,4-10H2,1-3H3,(H3,14,15,16). The van der Waals surface area contributed by atoms with Crippen molar-refractivity contribution >= 4 is 5.96 Å². The lowest BCUT2D eigenvalue weighted by Crippen LogP contribution is -2.41. The van der Waals surface area contributed by atoms with E-state index in [9.17, 15) is 0 Å². The van der Waals surface area contributed by atoms with Crippen molar-refractivity contribution in [2.75, 3.05) is 6.54 Å². The van der Waals surface area contributed by atoms with Gasteiger partial charge < -0.3 is 11.1 Å². The molecular formula is C13H27N3. The Morgan fingerprint density at radius 2 is 1.94 bits per heavy atom. The number of nitrogens with one attached hydrogen (secondary N) is 1. The van der Waals surface area contributed by atoms with Crippen LogP contribution in [0.4, 0.5) is 0 Å². The molecule has 1 aliphatic carbocycles. The molecule has 0 aliphatic heterocycles. The van der Waals surface area contributed by atoms with Gasteiger partial charge in [0.1, 0.15) is 0 Å². The van der Waals surface area contributed by atoms with Gasteiger partial charge in [0.15, 0.2) is 5.96 Å². The molecule has 16 heavy (non-hydrogen) atoms. The van der Waals surface area contributed by atoms with Gasteiger partial charge in [-0.3, -0.25) is 4.99 Å². The van der Waals surface area contributed by atoms with Crippen molar-refractivity contribution in [3.63, 3.8) is 0 Å². The molecular weight excluding hydrogens is 198 g/mol. The molecule has 0 saturated heterocycles. The topological polar surface area (TPSA) is 50.4 Å². The summed E-state index contributed by atoms with van der Waals surface area (Å²) in [5, 5.41) is 3.34. The summed E-state index contributed by atoms with van der Waals surface area (Å²) in [4.78, 5) is 4.44. The molecule has 0 atom stereocenters. The fourth-order valence-corrected chi connectivity index (χ4v) is 1.91. The first-order chi connectivity index (χ1) is 7.53. The fraction of sp³-hybridized carbons (Fsp3) is 0.923. The molecule has 0 aromatic heterocycles. The molecule has 0 amide bonds. The lowest BCUT2D eigenvalue weighted by atomic mass is 9.91. The van der Waals surface area contributed by atoms with E-state index in [1.54, 1.807) is 0 Å². The van der Waals surface area contributed by atoms with Crippen molar-refractivity contribution < 1.29 is 0 Å². The molecule has 1 aliphatic rings. The van der Waals surface area contributed by atoms with Gasteiger partial charge in [0.2, 0.25) is 0 Å². The average Bonchev–Trinajstić information content (AvgIpc) is 2.28. The maximum atomic E-state index is 5.91. The Labute approximate surface area is 99.9 Å². The lowest BCUT2D eigenvalue weighted by Gasteiger charge is -2.24. The zero-order valence-electron chi connectivity index (χ0n) is 11.1. The highest BCUT2D eigenvalue weighted by molar-refractivity contribution is 5.78. The van der Waals surface area contributed by atoms with E-state index < -0.39 is 0 Å². The van der Waals surface area contributed by atoms with Crippen molar-refractivity contribution in [2.24, 2.45) is 16.1 Å². The normalized spacial score (nSPS) is 19.8. The van der Waals surface area contributed by atoms with Crippen LogP contribution in [0.1, 0.15) is 59.3 Å². The highest BCUT2D eigenvalue weighted by atomic mass is 15.1. The second kappa shape index (κ2) is 6.12. The Morgan fingerprint density at radius 3 is 2.50 bits per heavy atom. The minimum atomic E-state index is 0.263. The number of guanidine groups is 1. The molecule has 0 unspecified atom stereocenters. The molecule has 1 fully saturated rings. The summed E-state index contributed by atoms with van der Waals surface area (Å²) in [6.07, 6.45) is 7.64. The predicted octanol–water partition coefficient (Wildman–Crippen LogP) is 2.66. The summed E-state index contributed by atoms with van der Waals surface area (Å²) >= 11 is 0. The maximum absolute atomic E-state index is 5.91. The first-order valence-electron chi connectivity index (χ1n) is 6.60. The smallest absolute Gasteiger partial charge is 0.188 e. The van der Waals surface area contributed by atoms with Crippen LogP contribution in [-0.2, 0) is 0 Å². The molecule has 0 aromatic rings. The van der Waals surface area contributed by atoms with Crippen LogP contribution in [0.15, 0.2) is 4.99 Å². The van der Waals surface area contributed by atoms with Gasteiger partial charge in [-0.05, 0) is 24.7 Å². The minimum absolute atomic E-state index is 0.263. The number of hydrogen-bond acceptors (Lipinski definition) is 1. The molecule has 94 valence electrons. The summed E-state index contributed by atoms with van der Waals surface area (Å²) in [6.45, 7) is 7.46. The second-order valence-electron chi connectivity index (χ2n) is 5.70. The van der Waals surface area contributed by atoms with Gasteiger partial charge in [-0.2, -0.15) is 0 Å². The van der Waals surface area contributed by atoms with Crippen molar-refractivity contribution in [1.82, 2.24) is 5.32 Å². The third kappa shape index (κ3) is 4.86. The van der Waals surface area contributed by atoms with E-state index in [1.165, 1.54) is 32.1 Å². The Morgan fingerprint density at radius 1 is 1.31 bits per heavy atom. The largest absolute Gasteiger partial charge is 0.370 e. The van der Waals surface area contributed by atoms with Gasteiger partial charge in [0.25, 0.3) is 0 Å². The highest BCUT2D eigenvalue weighted by Crippen LogP contribution is 2.20. The van der Waals surface area contributed by atoms with Crippen LogP contribution >= 0.6 is 0 Å². The van der Waals surface area contributed by atoms with Crippen molar-refractivity contribution in [3.8, 4) is 0 Å². The Kier molecular flexibility index (Phi) is 5.10. The molecule has 0 aromatic carbocycles. The molecule has 0 spiro atoms. The number of hydrogen-bond donors (Lipinski definition) is 2. The predicted molar refractivity (Wildman–Crippen MR) is 70.6 cm³/mol. The SMILES string of the molecule is CCC(C)(C)CN=C(N)NC1CCCCC1. The molecule has 1 rings (SSSR count). The van der Waals surface area contributed by atoms with Crippen molar-refractivity contribution in [2.45, 2.75) is 65.3 Å². The Balaban J connectivity index is 2.32. The van der Waals surface area contributed by atoms with E-state index in [-0.39, 0.29) is 5.41 Å². The highest BCUT2D eigenvalue weighted by Gasteiger charge is 2.16. The van der Waals surface area contributed by atoms with E-state index in [0.29, 0.717) is 12.0 Å². The van der Waals surface area contributed by atoms with Gasteiger partial charge in [0.05, 0.1) is 0 Å². The van der Waals surface area contributed by atoms with Gasteiger partial charge in [0, 0.05) is 12.6 Å². The fourth-order valence-electron chi connectivity index (χ4n) is 1.91. The molecule has 3 heteroatoms. The van der Waals surface area contributed by atoms with E-state index in [0.717, 1.165) is 13.0 Å². The molecule has 3 nitrogen and oxygen atoms in total. The summed E-state index contributed by atoms with van der Waals surface area (Å²) in [5.74, 6) is 0.633. The monoisotopic (exact) mass is 225 g/mol. The quantitative estimate of drug-likeness (QED) is 0.571. The van der Waals surface area contributed by atoms with Crippen LogP contribution < -0.4 is 11.1 Å². The first kappa shape index (κ1) is 13.3. The molecule has 0 heterocycles.